The zero-order valence-corrected chi connectivity index (χ0v) is 11.8. The second-order valence-corrected chi connectivity index (χ2v) is 6.78. The highest BCUT2D eigenvalue weighted by Gasteiger charge is 2.50. The molecule has 3 heteroatoms. The Hall–Kier alpha value is -0.240. The highest BCUT2D eigenvalue weighted by Crippen LogP contribution is 2.57. The van der Waals surface area contributed by atoms with Crippen LogP contribution in [0.15, 0.2) is 18.2 Å². The number of rotatable bonds is 3. The zero-order chi connectivity index (χ0) is 12.8. The summed E-state index contributed by atoms with van der Waals surface area (Å²) >= 11 is 12.4. The van der Waals surface area contributed by atoms with E-state index < -0.39 is 0 Å². The standard InChI is InChI=1S/C15H18Cl2O/c16-13-3-1-2-11(14(13)17)8-15(9-18)7-10-4-5-12(15)6-10/h1-3,10,12,18H,4-9H2. The van der Waals surface area contributed by atoms with Crippen LogP contribution < -0.4 is 0 Å². The van der Waals surface area contributed by atoms with E-state index >= 15 is 0 Å². The fraction of sp³-hybridized carbons (Fsp3) is 0.600. The van der Waals surface area contributed by atoms with Crippen LogP contribution in [0.4, 0.5) is 0 Å². The molecule has 3 atom stereocenters. The average molecular weight is 285 g/mol. The molecule has 1 aromatic carbocycles. The van der Waals surface area contributed by atoms with Crippen LogP contribution in [-0.2, 0) is 6.42 Å². The summed E-state index contributed by atoms with van der Waals surface area (Å²) in [6, 6.07) is 5.80. The van der Waals surface area contributed by atoms with E-state index in [0.717, 1.165) is 24.3 Å². The first kappa shape index (κ1) is 12.8. The lowest BCUT2D eigenvalue weighted by Gasteiger charge is -2.36. The van der Waals surface area contributed by atoms with Gasteiger partial charge in [-0.2, -0.15) is 0 Å². The molecule has 1 nitrogen and oxygen atoms in total. The van der Waals surface area contributed by atoms with Gasteiger partial charge in [0.05, 0.1) is 10.0 Å². The van der Waals surface area contributed by atoms with Crippen LogP contribution in [0.1, 0.15) is 31.2 Å². The molecule has 0 saturated heterocycles. The Balaban J connectivity index is 1.88. The number of aliphatic hydroxyl groups is 1. The summed E-state index contributed by atoms with van der Waals surface area (Å²) in [5, 5.41) is 11.2. The topological polar surface area (TPSA) is 20.2 Å². The fourth-order valence-electron chi connectivity index (χ4n) is 4.09. The van der Waals surface area contributed by atoms with E-state index in [4.69, 9.17) is 23.2 Å². The number of halogens is 2. The first-order valence-electron chi connectivity index (χ1n) is 6.68. The lowest BCUT2D eigenvalue weighted by Crippen LogP contribution is -2.34. The van der Waals surface area contributed by atoms with Crippen molar-refractivity contribution >= 4 is 23.2 Å². The Labute approximate surface area is 118 Å². The molecule has 0 heterocycles. The summed E-state index contributed by atoms with van der Waals surface area (Å²) in [4.78, 5) is 0. The molecular weight excluding hydrogens is 267 g/mol. The van der Waals surface area contributed by atoms with Crippen molar-refractivity contribution in [2.75, 3.05) is 6.61 Å². The molecule has 0 spiro atoms. The fourth-order valence-corrected chi connectivity index (χ4v) is 4.48. The van der Waals surface area contributed by atoms with Gasteiger partial charge in [0.15, 0.2) is 0 Å². The van der Waals surface area contributed by atoms with E-state index in [2.05, 4.69) is 0 Å². The third-order valence-electron chi connectivity index (χ3n) is 4.99. The molecule has 1 N–H and O–H groups in total. The third-order valence-corrected chi connectivity index (χ3v) is 5.85. The molecule has 2 bridgehead atoms. The van der Waals surface area contributed by atoms with Gasteiger partial charge in [-0.25, -0.2) is 0 Å². The van der Waals surface area contributed by atoms with Gasteiger partial charge in [-0.15, -0.1) is 0 Å². The van der Waals surface area contributed by atoms with Crippen molar-refractivity contribution in [3.8, 4) is 0 Å². The maximum absolute atomic E-state index is 9.88. The summed E-state index contributed by atoms with van der Waals surface area (Å²) in [6.45, 7) is 0.275. The van der Waals surface area contributed by atoms with Gasteiger partial charge in [0.25, 0.3) is 0 Å². The van der Waals surface area contributed by atoms with Gasteiger partial charge in [-0.3, -0.25) is 0 Å². The van der Waals surface area contributed by atoms with Gasteiger partial charge in [0.1, 0.15) is 0 Å². The minimum Gasteiger partial charge on any atom is -0.396 e. The molecule has 3 rings (SSSR count). The SMILES string of the molecule is OCC1(Cc2cccc(Cl)c2Cl)CC2CCC1C2. The molecule has 0 aliphatic heterocycles. The van der Waals surface area contributed by atoms with Crippen LogP contribution in [0, 0.1) is 17.3 Å². The van der Waals surface area contributed by atoms with Gasteiger partial charge in [0.2, 0.25) is 0 Å². The van der Waals surface area contributed by atoms with Crippen molar-refractivity contribution < 1.29 is 5.11 Å². The van der Waals surface area contributed by atoms with E-state index in [1.165, 1.54) is 19.3 Å². The summed E-state index contributed by atoms with van der Waals surface area (Å²) in [7, 11) is 0. The molecule has 1 aromatic rings. The number of fused-ring (bicyclic) bond motifs is 2. The highest BCUT2D eigenvalue weighted by atomic mass is 35.5. The molecule has 0 aromatic heterocycles. The minimum absolute atomic E-state index is 0.0528. The number of benzene rings is 1. The van der Waals surface area contributed by atoms with Gasteiger partial charge in [-0.1, -0.05) is 41.8 Å². The summed E-state index contributed by atoms with van der Waals surface area (Å²) < 4.78 is 0. The van der Waals surface area contributed by atoms with Crippen molar-refractivity contribution in [2.45, 2.75) is 32.1 Å². The molecule has 2 fully saturated rings. The molecule has 2 aliphatic carbocycles. The molecule has 2 saturated carbocycles. The van der Waals surface area contributed by atoms with Crippen LogP contribution in [0.25, 0.3) is 0 Å². The molecule has 3 unspecified atom stereocenters. The molecule has 98 valence electrons. The molecule has 18 heavy (non-hydrogen) atoms. The quantitative estimate of drug-likeness (QED) is 0.876. The van der Waals surface area contributed by atoms with Crippen LogP contribution in [0.2, 0.25) is 10.0 Å². The Morgan fingerprint density at radius 3 is 2.72 bits per heavy atom. The monoisotopic (exact) mass is 284 g/mol. The second-order valence-electron chi connectivity index (χ2n) is 5.99. The smallest absolute Gasteiger partial charge is 0.0624 e. The minimum atomic E-state index is 0.0528. The van der Waals surface area contributed by atoms with E-state index in [-0.39, 0.29) is 12.0 Å². The van der Waals surface area contributed by atoms with Crippen LogP contribution in [0.5, 0.6) is 0 Å². The molecular formula is C15H18Cl2O. The summed E-state index contributed by atoms with van der Waals surface area (Å²) in [5.41, 5.74) is 1.14. The normalized spacial score (nSPS) is 34.2. The largest absolute Gasteiger partial charge is 0.396 e. The van der Waals surface area contributed by atoms with Crippen molar-refractivity contribution in [1.29, 1.82) is 0 Å². The molecule has 0 radical (unpaired) electrons. The zero-order valence-electron chi connectivity index (χ0n) is 10.3. The lowest BCUT2D eigenvalue weighted by atomic mass is 9.70. The number of hydrogen-bond donors (Lipinski definition) is 1. The number of aliphatic hydroxyl groups excluding tert-OH is 1. The van der Waals surface area contributed by atoms with E-state index in [1.54, 1.807) is 0 Å². The third kappa shape index (κ3) is 1.97. The Morgan fingerprint density at radius 2 is 2.11 bits per heavy atom. The van der Waals surface area contributed by atoms with Gasteiger partial charge >= 0.3 is 0 Å². The van der Waals surface area contributed by atoms with Crippen LogP contribution in [-0.4, -0.2) is 11.7 Å². The number of hydrogen-bond acceptors (Lipinski definition) is 1. The van der Waals surface area contributed by atoms with Crippen LogP contribution in [0.3, 0.4) is 0 Å². The van der Waals surface area contributed by atoms with Gasteiger partial charge in [-0.05, 0) is 49.1 Å². The summed E-state index contributed by atoms with van der Waals surface area (Å²) in [5.74, 6) is 1.49. The van der Waals surface area contributed by atoms with E-state index in [0.29, 0.717) is 16.0 Å². The average Bonchev–Trinajstić information content (AvgIpc) is 2.96. The van der Waals surface area contributed by atoms with E-state index in [9.17, 15) is 5.11 Å². The first-order valence-corrected chi connectivity index (χ1v) is 7.44. The predicted molar refractivity (Wildman–Crippen MR) is 75.1 cm³/mol. The van der Waals surface area contributed by atoms with Crippen molar-refractivity contribution in [3.63, 3.8) is 0 Å². The molecule has 2 aliphatic rings. The Morgan fingerprint density at radius 1 is 1.28 bits per heavy atom. The Bertz CT molecular complexity index is 460. The van der Waals surface area contributed by atoms with Crippen molar-refractivity contribution in [1.82, 2.24) is 0 Å². The van der Waals surface area contributed by atoms with E-state index in [1.807, 2.05) is 18.2 Å². The van der Waals surface area contributed by atoms with Gasteiger partial charge < -0.3 is 5.11 Å². The molecule has 0 amide bonds. The van der Waals surface area contributed by atoms with Crippen LogP contribution >= 0.6 is 23.2 Å². The first-order chi connectivity index (χ1) is 8.64. The maximum atomic E-state index is 9.88. The highest BCUT2D eigenvalue weighted by molar-refractivity contribution is 6.42. The van der Waals surface area contributed by atoms with Crippen molar-refractivity contribution in [3.05, 3.63) is 33.8 Å². The second kappa shape index (κ2) is 4.70. The van der Waals surface area contributed by atoms with Crippen molar-refractivity contribution in [2.24, 2.45) is 17.3 Å². The summed E-state index contributed by atoms with van der Waals surface area (Å²) in [6.07, 6.45) is 5.92. The lowest BCUT2D eigenvalue weighted by molar-refractivity contribution is 0.0652. The maximum Gasteiger partial charge on any atom is 0.0624 e. The predicted octanol–water partition coefficient (Wildman–Crippen LogP) is 4.33. The van der Waals surface area contributed by atoms with Gasteiger partial charge in [0, 0.05) is 12.0 Å². The Kier molecular flexibility index (Phi) is 3.34.